The highest BCUT2D eigenvalue weighted by Crippen LogP contribution is 2.30. The molecule has 98 valence electrons. The minimum absolute atomic E-state index is 0.783. The second-order valence-electron chi connectivity index (χ2n) is 4.56. The van der Waals surface area contributed by atoms with Crippen LogP contribution in [0, 0.1) is 6.92 Å². The Hall–Kier alpha value is -1.20. The summed E-state index contributed by atoms with van der Waals surface area (Å²) in [6, 6.07) is 0. The molecule has 0 atom stereocenters. The number of hydrogen-bond acceptors (Lipinski definition) is 5. The number of fused-ring (bicyclic) bond motifs is 1. The first-order chi connectivity index (χ1) is 8.74. The van der Waals surface area contributed by atoms with Crippen molar-refractivity contribution in [3.63, 3.8) is 0 Å². The van der Waals surface area contributed by atoms with E-state index in [1.165, 1.54) is 16.7 Å². The first-order valence-electron chi connectivity index (χ1n) is 6.34. The molecule has 2 aromatic rings. The molecule has 2 rings (SSSR count). The van der Waals surface area contributed by atoms with Crippen molar-refractivity contribution in [2.24, 2.45) is 5.73 Å². The van der Waals surface area contributed by atoms with Crippen molar-refractivity contribution in [2.75, 3.05) is 25.0 Å². The van der Waals surface area contributed by atoms with Crippen molar-refractivity contribution in [2.45, 2.75) is 26.2 Å². The van der Waals surface area contributed by atoms with E-state index < -0.39 is 0 Å². The van der Waals surface area contributed by atoms with E-state index in [2.05, 4.69) is 34.2 Å². The van der Waals surface area contributed by atoms with Gasteiger partial charge in [0.1, 0.15) is 12.1 Å². The Morgan fingerprint density at radius 3 is 2.89 bits per heavy atom. The minimum Gasteiger partial charge on any atom is -0.358 e. The Kier molecular flexibility index (Phi) is 4.49. The summed E-state index contributed by atoms with van der Waals surface area (Å²) in [6.45, 7) is 3.89. The first kappa shape index (κ1) is 13.2. The van der Waals surface area contributed by atoms with Crippen LogP contribution in [0.3, 0.4) is 0 Å². The predicted octanol–water partition coefficient (Wildman–Crippen LogP) is 2.56. The third-order valence-electron chi connectivity index (χ3n) is 3.07. The standard InChI is InChI=1S/C13H20N4S/c1-10-8-18-12-11(10)15-9-16-13(12)17(2)7-5-3-4-6-14/h8-9H,3-7,14H2,1-2H3. The van der Waals surface area contributed by atoms with Gasteiger partial charge in [-0.3, -0.25) is 0 Å². The molecule has 2 aromatic heterocycles. The smallest absolute Gasteiger partial charge is 0.149 e. The van der Waals surface area contributed by atoms with Gasteiger partial charge in [-0.05, 0) is 37.3 Å². The maximum absolute atomic E-state index is 5.50. The van der Waals surface area contributed by atoms with Gasteiger partial charge in [-0.25, -0.2) is 9.97 Å². The molecule has 0 spiro atoms. The van der Waals surface area contributed by atoms with Gasteiger partial charge in [-0.1, -0.05) is 6.42 Å². The van der Waals surface area contributed by atoms with Crippen LogP contribution in [0.1, 0.15) is 24.8 Å². The molecule has 0 saturated carbocycles. The summed E-state index contributed by atoms with van der Waals surface area (Å²) in [6.07, 6.45) is 5.10. The lowest BCUT2D eigenvalue weighted by molar-refractivity contribution is 0.677. The van der Waals surface area contributed by atoms with Crippen molar-refractivity contribution < 1.29 is 0 Å². The maximum atomic E-state index is 5.50. The number of anilines is 1. The van der Waals surface area contributed by atoms with Crippen molar-refractivity contribution >= 4 is 27.4 Å². The fourth-order valence-corrected chi connectivity index (χ4v) is 3.05. The van der Waals surface area contributed by atoms with Gasteiger partial charge in [0, 0.05) is 13.6 Å². The van der Waals surface area contributed by atoms with E-state index in [0.29, 0.717) is 0 Å². The van der Waals surface area contributed by atoms with E-state index in [1.807, 2.05) is 0 Å². The summed E-state index contributed by atoms with van der Waals surface area (Å²) in [5.74, 6) is 1.05. The highest BCUT2D eigenvalue weighted by atomic mass is 32.1. The lowest BCUT2D eigenvalue weighted by atomic mass is 10.2. The number of rotatable bonds is 6. The van der Waals surface area contributed by atoms with Crippen molar-refractivity contribution in [1.29, 1.82) is 0 Å². The third kappa shape index (κ3) is 2.79. The van der Waals surface area contributed by atoms with Crippen LogP contribution < -0.4 is 10.6 Å². The lowest BCUT2D eigenvalue weighted by Gasteiger charge is -2.18. The Morgan fingerprint density at radius 2 is 2.11 bits per heavy atom. The van der Waals surface area contributed by atoms with Crippen LogP contribution in [0.15, 0.2) is 11.7 Å². The molecule has 5 heteroatoms. The van der Waals surface area contributed by atoms with Gasteiger partial charge in [-0.15, -0.1) is 11.3 Å². The first-order valence-corrected chi connectivity index (χ1v) is 7.22. The van der Waals surface area contributed by atoms with Crippen molar-refractivity contribution in [3.05, 3.63) is 17.3 Å². The van der Waals surface area contributed by atoms with E-state index in [9.17, 15) is 0 Å². The molecular formula is C13H20N4S. The molecule has 0 saturated heterocycles. The molecule has 0 fully saturated rings. The quantitative estimate of drug-likeness (QED) is 0.815. The van der Waals surface area contributed by atoms with E-state index in [0.717, 1.165) is 37.3 Å². The SMILES string of the molecule is Cc1csc2c(N(C)CCCCCN)ncnc12. The maximum Gasteiger partial charge on any atom is 0.149 e. The minimum atomic E-state index is 0.783. The fraction of sp³-hybridized carbons (Fsp3) is 0.538. The Balaban J connectivity index is 2.10. The van der Waals surface area contributed by atoms with Crippen molar-refractivity contribution in [3.8, 4) is 0 Å². The Labute approximate surface area is 112 Å². The van der Waals surface area contributed by atoms with Crippen LogP contribution in [-0.2, 0) is 0 Å². The van der Waals surface area contributed by atoms with Crippen LogP contribution in [0.5, 0.6) is 0 Å². The second-order valence-corrected chi connectivity index (χ2v) is 5.44. The summed E-state index contributed by atoms with van der Waals surface area (Å²) in [5.41, 5.74) is 7.81. The fourth-order valence-electron chi connectivity index (χ4n) is 2.00. The Bertz CT molecular complexity index is 509. The van der Waals surface area contributed by atoms with Crippen LogP contribution in [-0.4, -0.2) is 30.1 Å². The third-order valence-corrected chi connectivity index (χ3v) is 4.15. The molecule has 4 nitrogen and oxygen atoms in total. The molecule has 0 amide bonds. The number of nitrogens with zero attached hydrogens (tertiary/aromatic N) is 3. The van der Waals surface area contributed by atoms with Gasteiger partial charge >= 0.3 is 0 Å². The number of unbranched alkanes of at least 4 members (excludes halogenated alkanes) is 2. The van der Waals surface area contributed by atoms with E-state index in [4.69, 9.17) is 5.73 Å². The number of hydrogen-bond donors (Lipinski definition) is 1. The molecular weight excluding hydrogens is 244 g/mol. The molecule has 0 aliphatic carbocycles. The van der Waals surface area contributed by atoms with Gasteiger partial charge in [0.15, 0.2) is 0 Å². The average Bonchev–Trinajstić information content (AvgIpc) is 2.76. The zero-order valence-corrected chi connectivity index (χ0v) is 11.8. The van der Waals surface area contributed by atoms with Gasteiger partial charge in [0.2, 0.25) is 0 Å². The summed E-state index contributed by atoms with van der Waals surface area (Å²) in [5, 5.41) is 2.14. The predicted molar refractivity (Wildman–Crippen MR) is 78.3 cm³/mol. The highest BCUT2D eigenvalue weighted by molar-refractivity contribution is 7.18. The second kappa shape index (κ2) is 6.11. The zero-order valence-electron chi connectivity index (χ0n) is 11.0. The lowest BCUT2D eigenvalue weighted by Crippen LogP contribution is -2.20. The molecule has 0 aromatic carbocycles. The van der Waals surface area contributed by atoms with Gasteiger partial charge in [-0.2, -0.15) is 0 Å². The largest absolute Gasteiger partial charge is 0.358 e. The monoisotopic (exact) mass is 264 g/mol. The van der Waals surface area contributed by atoms with Crippen LogP contribution in [0.4, 0.5) is 5.82 Å². The summed E-state index contributed by atoms with van der Waals surface area (Å²) in [4.78, 5) is 11.0. The highest BCUT2D eigenvalue weighted by Gasteiger charge is 2.11. The topological polar surface area (TPSA) is 55.0 Å². The molecule has 0 aliphatic heterocycles. The van der Waals surface area contributed by atoms with Crippen LogP contribution in [0.2, 0.25) is 0 Å². The van der Waals surface area contributed by atoms with Crippen LogP contribution in [0.25, 0.3) is 10.2 Å². The molecule has 2 N–H and O–H groups in total. The van der Waals surface area contributed by atoms with Gasteiger partial charge in [0.25, 0.3) is 0 Å². The molecule has 0 aliphatic rings. The number of aryl methyl sites for hydroxylation is 1. The van der Waals surface area contributed by atoms with E-state index in [1.54, 1.807) is 17.7 Å². The number of thiophene rings is 1. The van der Waals surface area contributed by atoms with Gasteiger partial charge in [0.05, 0.1) is 10.2 Å². The molecule has 0 radical (unpaired) electrons. The molecule has 0 unspecified atom stereocenters. The normalized spacial score (nSPS) is 11.1. The van der Waals surface area contributed by atoms with E-state index in [-0.39, 0.29) is 0 Å². The zero-order chi connectivity index (χ0) is 13.0. The number of nitrogens with two attached hydrogens (primary N) is 1. The van der Waals surface area contributed by atoms with Crippen molar-refractivity contribution in [1.82, 2.24) is 9.97 Å². The summed E-state index contributed by atoms with van der Waals surface area (Å²) >= 11 is 1.73. The van der Waals surface area contributed by atoms with Crippen LogP contribution >= 0.6 is 11.3 Å². The Morgan fingerprint density at radius 1 is 1.28 bits per heavy atom. The van der Waals surface area contributed by atoms with E-state index >= 15 is 0 Å². The average molecular weight is 264 g/mol. The van der Waals surface area contributed by atoms with Gasteiger partial charge < -0.3 is 10.6 Å². The molecule has 18 heavy (non-hydrogen) atoms. The summed E-state index contributed by atoms with van der Waals surface area (Å²) in [7, 11) is 2.10. The molecule has 0 bridgehead atoms. The number of aromatic nitrogens is 2. The molecule has 2 heterocycles. The summed E-state index contributed by atoms with van der Waals surface area (Å²) < 4.78 is 1.19.